The molecule has 4 heteroatoms. The van der Waals surface area contributed by atoms with Crippen LogP contribution in [0.1, 0.15) is 16.7 Å². The molecular weight excluding hydrogens is 619 g/mol. The first-order chi connectivity index (χ1) is 23.9. The summed E-state index contributed by atoms with van der Waals surface area (Å²) in [4.78, 5) is 0. The Morgan fingerprint density at radius 2 is 0.857 bits per heavy atom. The summed E-state index contributed by atoms with van der Waals surface area (Å²) in [5, 5.41) is 2.00. The first kappa shape index (κ1) is 29.5. The van der Waals surface area contributed by atoms with Crippen molar-refractivity contribution in [1.82, 2.24) is 0 Å². The molecule has 236 valence electrons. The lowest BCUT2D eigenvalue weighted by molar-refractivity contribution is 0.464. The van der Waals surface area contributed by atoms with Gasteiger partial charge in [0.2, 0.25) is 0 Å². The third-order valence-electron chi connectivity index (χ3n) is 9.98. The van der Waals surface area contributed by atoms with E-state index in [9.17, 15) is 0 Å². The van der Waals surface area contributed by atoms with E-state index < -0.39 is 7.14 Å². The van der Waals surface area contributed by atoms with Gasteiger partial charge in [-0.05, 0) is 101 Å². The SMILES string of the molecule is Cc1ccccc1-c1ccc2c(c1)Oc1c(-c3ccccc3)cc(-c3ccccc3C)c3c1P2(=O)c1ccc(-c2ccccc2C)cc1O3. The van der Waals surface area contributed by atoms with Gasteiger partial charge >= 0.3 is 0 Å². The number of hydrogen-bond donors (Lipinski definition) is 0. The number of fused-ring (bicyclic) bond motifs is 4. The first-order valence-electron chi connectivity index (χ1n) is 16.6. The topological polar surface area (TPSA) is 35.5 Å². The molecule has 0 fully saturated rings. The molecule has 0 saturated carbocycles. The van der Waals surface area contributed by atoms with Gasteiger partial charge in [-0.2, -0.15) is 0 Å². The van der Waals surface area contributed by atoms with Gasteiger partial charge in [0.15, 0.2) is 7.14 Å². The van der Waals surface area contributed by atoms with Crippen LogP contribution in [0, 0.1) is 20.8 Å². The molecule has 49 heavy (non-hydrogen) atoms. The second-order valence-electron chi connectivity index (χ2n) is 13.0. The molecule has 2 heterocycles. The minimum absolute atomic E-state index is 0.588. The zero-order chi connectivity index (χ0) is 33.3. The van der Waals surface area contributed by atoms with Gasteiger partial charge < -0.3 is 14.0 Å². The number of hydrogen-bond acceptors (Lipinski definition) is 3. The molecule has 1 atom stereocenters. The van der Waals surface area contributed by atoms with Crippen LogP contribution in [0.5, 0.6) is 23.0 Å². The normalized spacial score (nSPS) is 15.3. The number of ether oxygens (including phenoxy) is 2. The monoisotopic (exact) mass is 652 g/mol. The Morgan fingerprint density at radius 1 is 0.408 bits per heavy atom. The van der Waals surface area contributed by atoms with E-state index in [-0.39, 0.29) is 0 Å². The van der Waals surface area contributed by atoms with Gasteiger partial charge in [0.25, 0.3) is 0 Å². The Hall–Kier alpha value is -5.63. The van der Waals surface area contributed by atoms with Crippen molar-refractivity contribution in [1.29, 1.82) is 0 Å². The fourth-order valence-corrected chi connectivity index (χ4v) is 10.5. The Bertz CT molecular complexity index is 2500. The molecule has 7 aromatic carbocycles. The van der Waals surface area contributed by atoms with E-state index in [1.165, 1.54) is 11.1 Å². The van der Waals surface area contributed by atoms with E-state index in [4.69, 9.17) is 9.47 Å². The van der Waals surface area contributed by atoms with Crippen LogP contribution >= 0.6 is 7.14 Å². The minimum atomic E-state index is -3.52. The third-order valence-corrected chi connectivity index (χ3v) is 13.1. The van der Waals surface area contributed by atoms with Gasteiger partial charge in [-0.1, -0.05) is 115 Å². The van der Waals surface area contributed by atoms with Gasteiger partial charge in [0, 0.05) is 11.1 Å². The Labute approximate surface area is 286 Å². The van der Waals surface area contributed by atoms with Crippen LogP contribution in [0.4, 0.5) is 0 Å². The Balaban J connectivity index is 1.38. The van der Waals surface area contributed by atoms with Crippen molar-refractivity contribution in [3.05, 3.63) is 162 Å². The first-order valence-corrected chi connectivity index (χ1v) is 18.3. The van der Waals surface area contributed by atoms with Gasteiger partial charge in [0.1, 0.15) is 28.3 Å². The maximum Gasteiger partial charge on any atom is 0.185 e. The van der Waals surface area contributed by atoms with Gasteiger partial charge in [-0.3, -0.25) is 0 Å². The van der Waals surface area contributed by atoms with Gasteiger partial charge in [-0.15, -0.1) is 0 Å². The van der Waals surface area contributed by atoms with Crippen LogP contribution in [-0.4, -0.2) is 0 Å². The van der Waals surface area contributed by atoms with Crippen molar-refractivity contribution < 1.29 is 14.0 Å². The molecule has 1 unspecified atom stereocenters. The molecule has 0 N–H and O–H groups in total. The van der Waals surface area contributed by atoms with E-state index >= 15 is 4.57 Å². The highest BCUT2D eigenvalue weighted by molar-refractivity contribution is 7.86. The van der Waals surface area contributed by atoms with Crippen LogP contribution < -0.4 is 25.4 Å². The second kappa shape index (κ2) is 11.2. The lowest BCUT2D eigenvalue weighted by Gasteiger charge is -2.37. The molecule has 0 aliphatic carbocycles. The van der Waals surface area contributed by atoms with Crippen molar-refractivity contribution >= 4 is 23.1 Å². The van der Waals surface area contributed by atoms with Crippen molar-refractivity contribution in [3.8, 4) is 67.5 Å². The van der Waals surface area contributed by atoms with E-state index in [2.05, 4.69) is 106 Å². The van der Waals surface area contributed by atoms with Crippen molar-refractivity contribution in [2.75, 3.05) is 0 Å². The lowest BCUT2D eigenvalue weighted by atomic mass is 9.94. The molecule has 0 aromatic heterocycles. The molecule has 2 aliphatic heterocycles. The van der Waals surface area contributed by atoms with E-state index in [1.54, 1.807) is 0 Å². The summed E-state index contributed by atoms with van der Waals surface area (Å²) < 4.78 is 30.4. The smallest absolute Gasteiger partial charge is 0.185 e. The summed E-state index contributed by atoms with van der Waals surface area (Å²) >= 11 is 0. The highest BCUT2D eigenvalue weighted by atomic mass is 31.2. The number of aryl methyl sites for hydroxylation is 3. The van der Waals surface area contributed by atoms with E-state index in [1.807, 2.05) is 60.7 Å². The van der Waals surface area contributed by atoms with Gasteiger partial charge in [0.05, 0.1) is 10.6 Å². The van der Waals surface area contributed by atoms with Crippen molar-refractivity contribution in [2.24, 2.45) is 0 Å². The zero-order valence-electron chi connectivity index (χ0n) is 27.5. The lowest BCUT2D eigenvalue weighted by Crippen LogP contribution is -2.35. The molecule has 0 amide bonds. The molecule has 0 radical (unpaired) electrons. The summed E-state index contributed by atoms with van der Waals surface area (Å²) in [5.74, 6) is 2.40. The minimum Gasteiger partial charge on any atom is -0.455 e. The fraction of sp³-hybridized carbons (Fsp3) is 0.0667. The maximum atomic E-state index is 16.5. The predicted molar refractivity (Wildman–Crippen MR) is 202 cm³/mol. The van der Waals surface area contributed by atoms with E-state index in [0.717, 1.165) is 50.1 Å². The molecular formula is C45H33O3P. The Kier molecular flexibility index (Phi) is 6.76. The largest absolute Gasteiger partial charge is 0.455 e. The average Bonchev–Trinajstić information content (AvgIpc) is 3.12. The highest BCUT2D eigenvalue weighted by Crippen LogP contribution is 2.62. The summed E-state index contributed by atoms with van der Waals surface area (Å²) in [6.07, 6.45) is 0. The summed E-state index contributed by atoms with van der Waals surface area (Å²) in [5.41, 5.74) is 11.5. The summed E-state index contributed by atoms with van der Waals surface area (Å²) in [6.45, 7) is 6.33. The van der Waals surface area contributed by atoms with Crippen LogP contribution in [0.3, 0.4) is 0 Å². The quantitative estimate of drug-likeness (QED) is 0.178. The van der Waals surface area contributed by atoms with Crippen LogP contribution in [0.25, 0.3) is 44.5 Å². The van der Waals surface area contributed by atoms with Crippen LogP contribution in [0.15, 0.2) is 146 Å². The molecule has 9 rings (SSSR count). The number of rotatable bonds is 4. The molecule has 7 aromatic rings. The van der Waals surface area contributed by atoms with E-state index in [0.29, 0.717) is 38.9 Å². The number of benzene rings is 7. The van der Waals surface area contributed by atoms with Gasteiger partial charge in [-0.25, -0.2) is 0 Å². The standard InChI is InChI=1S/C45H33O3P/c1-28-13-7-10-18-34(28)32-21-23-41-39(25-32)47-43-37(31-16-5-4-6-17-31)27-38(36-20-12-9-15-30(36)3)44-45(43)49(41,46)42-24-22-33(26-40(42)48-44)35-19-11-8-14-29(35)2/h4-27H,1-3H3. The molecule has 0 spiro atoms. The average molecular weight is 653 g/mol. The molecule has 0 saturated heterocycles. The van der Waals surface area contributed by atoms with Crippen LogP contribution in [-0.2, 0) is 4.57 Å². The molecule has 0 bridgehead atoms. The van der Waals surface area contributed by atoms with Crippen molar-refractivity contribution in [3.63, 3.8) is 0 Å². The van der Waals surface area contributed by atoms with Crippen molar-refractivity contribution in [2.45, 2.75) is 20.8 Å². The second-order valence-corrected chi connectivity index (χ2v) is 15.6. The third kappa shape index (κ3) is 4.54. The molecule has 3 nitrogen and oxygen atoms in total. The Morgan fingerprint density at radius 3 is 1.37 bits per heavy atom. The zero-order valence-corrected chi connectivity index (χ0v) is 28.4. The predicted octanol–water partition coefficient (Wildman–Crippen LogP) is 11.1. The van der Waals surface area contributed by atoms with Crippen LogP contribution in [0.2, 0.25) is 0 Å². The highest BCUT2D eigenvalue weighted by Gasteiger charge is 2.48. The summed E-state index contributed by atoms with van der Waals surface area (Å²) in [7, 11) is -3.52. The summed E-state index contributed by atoms with van der Waals surface area (Å²) in [6, 6.07) is 49.7. The molecule has 2 aliphatic rings. The fourth-order valence-electron chi connectivity index (χ4n) is 7.46. The maximum absolute atomic E-state index is 16.5.